The third-order valence-corrected chi connectivity index (χ3v) is 13.3. The van der Waals surface area contributed by atoms with Gasteiger partial charge in [0.05, 0.1) is 14.2 Å². The highest BCUT2D eigenvalue weighted by Crippen LogP contribution is 2.47. The second kappa shape index (κ2) is 18.5. The van der Waals surface area contributed by atoms with Gasteiger partial charge in [-0.15, -0.1) is 0 Å². The molecule has 9 rings (SSSR count). The first-order valence-corrected chi connectivity index (χ1v) is 23.2. The molecule has 0 aliphatic carbocycles. The molecule has 0 radical (unpaired) electrons. The predicted octanol–water partition coefficient (Wildman–Crippen LogP) is 18.1. The van der Waals surface area contributed by atoms with E-state index in [0.717, 1.165) is 113 Å². The molecule has 0 atom stereocenters. The molecule has 9 aromatic rings. The van der Waals surface area contributed by atoms with E-state index < -0.39 is 0 Å². The molecular weight excluding hydrogens is 1020 g/mol. The van der Waals surface area contributed by atoms with E-state index in [0.29, 0.717) is 0 Å². The fourth-order valence-corrected chi connectivity index (χ4v) is 9.10. The van der Waals surface area contributed by atoms with Crippen LogP contribution < -0.4 is 9.47 Å². The molecule has 0 saturated heterocycles. The van der Waals surface area contributed by atoms with Gasteiger partial charge in [0.1, 0.15) is 11.5 Å². The summed E-state index contributed by atoms with van der Waals surface area (Å²) in [4.78, 5) is 0. The van der Waals surface area contributed by atoms with Crippen molar-refractivity contribution in [3.63, 3.8) is 0 Å². The molecule has 0 bridgehead atoms. The van der Waals surface area contributed by atoms with Crippen LogP contribution in [0.1, 0.15) is 0 Å². The van der Waals surface area contributed by atoms with Gasteiger partial charge < -0.3 is 9.47 Å². The van der Waals surface area contributed by atoms with Crippen LogP contribution in [-0.4, -0.2) is 14.2 Å². The van der Waals surface area contributed by atoms with Crippen molar-refractivity contribution in [1.82, 2.24) is 0 Å². The lowest BCUT2D eigenvalue weighted by Gasteiger charge is -2.21. The first-order valence-electron chi connectivity index (χ1n) is 20.0. The van der Waals surface area contributed by atoms with Gasteiger partial charge in [0, 0.05) is 17.9 Å². The number of hydrogen-bond acceptors (Lipinski definition) is 2. The van der Waals surface area contributed by atoms with Crippen molar-refractivity contribution in [2.45, 2.75) is 0 Å². The molecule has 9 aromatic carbocycles. The van der Waals surface area contributed by atoms with Gasteiger partial charge in [-0.1, -0.05) is 161 Å². The van der Waals surface area contributed by atoms with Crippen molar-refractivity contribution in [3.8, 4) is 101 Å². The first-order chi connectivity index (χ1) is 30.2. The van der Waals surface area contributed by atoms with Gasteiger partial charge in [0.25, 0.3) is 0 Å². The number of ether oxygens (including phenoxy) is 2. The normalized spacial score (nSPS) is 11.1. The zero-order valence-electron chi connectivity index (χ0n) is 33.8. The largest absolute Gasteiger partial charge is 0.497 e. The zero-order chi connectivity index (χ0) is 42.7. The lowest BCUT2D eigenvalue weighted by Crippen LogP contribution is -1.95. The average molecular weight is 1060 g/mol. The number of hydrogen-bond donors (Lipinski definition) is 0. The molecular formula is C56H38Br4O2. The molecule has 2 nitrogen and oxygen atoms in total. The summed E-state index contributed by atoms with van der Waals surface area (Å²) in [5.74, 6) is 1.65. The second-order valence-corrected chi connectivity index (χ2v) is 18.6. The van der Waals surface area contributed by atoms with E-state index in [1.54, 1.807) is 14.2 Å². The van der Waals surface area contributed by atoms with Crippen LogP contribution in [-0.2, 0) is 0 Å². The van der Waals surface area contributed by atoms with Crippen molar-refractivity contribution >= 4 is 63.7 Å². The fourth-order valence-electron chi connectivity index (χ4n) is 8.04. The minimum Gasteiger partial charge on any atom is -0.497 e. The van der Waals surface area contributed by atoms with Crippen molar-refractivity contribution in [3.05, 3.63) is 212 Å². The number of benzene rings is 9. The maximum absolute atomic E-state index is 5.57. The lowest BCUT2D eigenvalue weighted by atomic mass is 9.83. The van der Waals surface area contributed by atoms with Gasteiger partial charge in [0.15, 0.2) is 0 Å². The van der Waals surface area contributed by atoms with Gasteiger partial charge >= 0.3 is 0 Å². The molecule has 6 heteroatoms. The third kappa shape index (κ3) is 8.89. The van der Waals surface area contributed by atoms with Crippen molar-refractivity contribution in [1.29, 1.82) is 0 Å². The number of rotatable bonds is 10. The number of methoxy groups -OCH3 is 2. The highest BCUT2D eigenvalue weighted by atomic mass is 79.9. The van der Waals surface area contributed by atoms with Gasteiger partial charge in [-0.2, -0.15) is 0 Å². The Labute approximate surface area is 396 Å². The minimum atomic E-state index is 0.822. The highest BCUT2D eigenvalue weighted by molar-refractivity contribution is 9.11. The molecule has 302 valence electrons. The third-order valence-electron chi connectivity index (χ3n) is 11.2. The summed E-state index contributed by atoms with van der Waals surface area (Å²) >= 11 is 14.7. The summed E-state index contributed by atoms with van der Waals surface area (Å²) in [6, 6.07) is 69.5. The molecule has 0 aromatic heterocycles. The quantitative estimate of drug-likeness (QED) is 0.136. The van der Waals surface area contributed by atoms with Crippen LogP contribution in [0.2, 0.25) is 0 Å². The standard InChI is InChI=1S/C56H38Br4O2/c1-61-49-27-15-36(16-28-49)44-33-51(37-7-19-45(57)20-8-37)55(52(34-44)38-9-21-46(58)22-10-38)41-5-3-35(4-6-41)43-31-53(39-11-23-47(59)24-12-39)56(42-17-29-50(62-2)30-18-42)54(32-43)40-13-25-48(60)26-14-40/h3-34H,1-2H3. The topological polar surface area (TPSA) is 18.5 Å². The Kier molecular flexibility index (Phi) is 12.5. The van der Waals surface area contributed by atoms with Crippen molar-refractivity contribution < 1.29 is 9.47 Å². The van der Waals surface area contributed by atoms with E-state index in [-0.39, 0.29) is 0 Å². The van der Waals surface area contributed by atoms with E-state index in [9.17, 15) is 0 Å². The van der Waals surface area contributed by atoms with Crippen LogP contribution in [0.4, 0.5) is 0 Å². The molecule has 0 unspecified atom stereocenters. The van der Waals surface area contributed by atoms with Crippen LogP contribution >= 0.6 is 63.7 Å². The Morgan fingerprint density at radius 2 is 0.452 bits per heavy atom. The smallest absolute Gasteiger partial charge is 0.118 e. The summed E-state index contributed by atoms with van der Waals surface area (Å²) in [7, 11) is 3.41. The Hall–Kier alpha value is -5.50. The van der Waals surface area contributed by atoms with Crippen LogP contribution in [0.3, 0.4) is 0 Å². The molecule has 0 aliphatic rings. The van der Waals surface area contributed by atoms with Crippen molar-refractivity contribution in [2.24, 2.45) is 0 Å². The molecule has 0 N–H and O–H groups in total. The Bertz CT molecular complexity index is 2860. The Balaban J connectivity index is 1.25. The summed E-state index contributed by atoms with van der Waals surface area (Å²) in [5, 5.41) is 0. The summed E-state index contributed by atoms with van der Waals surface area (Å²) < 4.78 is 15.2. The Morgan fingerprint density at radius 1 is 0.242 bits per heavy atom. The second-order valence-electron chi connectivity index (χ2n) is 15.0. The predicted molar refractivity (Wildman–Crippen MR) is 274 cm³/mol. The van der Waals surface area contributed by atoms with Gasteiger partial charge in [-0.25, -0.2) is 0 Å². The van der Waals surface area contributed by atoms with Crippen molar-refractivity contribution in [2.75, 3.05) is 14.2 Å². The summed E-state index contributed by atoms with van der Waals surface area (Å²) in [5.41, 5.74) is 18.2. The molecule has 0 amide bonds. The van der Waals surface area contributed by atoms with Crippen LogP contribution in [0, 0.1) is 0 Å². The Morgan fingerprint density at radius 3 is 0.710 bits per heavy atom. The van der Waals surface area contributed by atoms with Gasteiger partial charge in [-0.05, 0) is 186 Å². The van der Waals surface area contributed by atoms with E-state index in [4.69, 9.17) is 9.47 Å². The van der Waals surface area contributed by atoms with Crippen LogP contribution in [0.5, 0.6) is 11.5 Å². The first kappa shape index (κ1) is 41.8. The molecule has 0 heterocycles. The van der Waals surface area contributed by atoms with E-state index >= 15 is 0 Å². The lowest BCUT2D eigenvalue weighted by molar-refractivity contribution is 0.415. The SMILES string of the molecule is COc1ccc(-c2cc(-c3ccc(Br)cc3)c(-c3ccc(-c4cc(-c5ccc(Br)cc5)c(-c5ccc(OC)cc5)c(-c5ccc(Br)cc5)c4)cc3)c(-c3ccc(Br)cc3)c2)cc1. The van der Waals surface area contributed by atoms with Gasteiger partial charge in [0.2, 0.25) is 0 Å². The van der Waals surface area contributed by atoms with E-state index in [1.807, 2.05) is 24.3 Å². The van der Waals surface area contributed by atoms with Crippen LogP contribution in [0.15, 0.2) is 212 Å². The molecule has 0 saturated carbocycles. The monoisotopic (exact) mass is 1060 g/mol. The van der Waals surface area contributed by atoms with Gasteiger partial charge in [-0.3, -0.25) is 0 Å². The zero-order valence-corrected chi connectivity index (χ0v) is 40.1. The highest BCUT2D eigenvalue weighted by Gasteiger charge is 2.20. The average Bonchev–Trinajstić information content (AvgIpc) is 3.32. The van der Waals surface area contributed by atoms with E-state index in [1.165, 1.54) is 5.56 Å². The fraction of sp³-hybridized carbons (Fsp3) is 0.0357. The molecule has 0 fully saturated rings. The molecule has 0 spiro atoms. The number of halogens is 4. The minimum absolute atomic E-state index is 0.822. The maximum atomic E-state index is 5.57. The van der Waals surface area contributed by atoms with Crippen LogP contribution in [0.25, 0.3) is 89.0 Å². The molecule has 0 aliphatic heterocycles. The summed E-state index contributed by atoms with van der Waals surface area (Å²) in [6.07, 6.45) is 0. The van der Waals surface area contributed by atoms with E-state index in [2.05, 4.69) is 234 Å². The molecule has 62 heavy (non-hydrogen) atoms. The summed E-state index contributed by atoms with van der Waals surface area (Å²) in [6.45, 7) is 0. The maximum Gasteiger partial charge on any atom is 0.118 e.